The molecule has 2 heteroatoms. The molecule has 19 heavy (non-hydrogen) atoms. The smallest absolute Gasteiger partial charge is 0.0446 e. The van der Waals surface area contributed by atoms with E-state index in [0.717, 1.165) is 19.5 Å². The molecule has 0 fully saturated rings. The summed E-state index contributed by atoms with van der Waals surface area (Å²) in [4.78, 5) is 2.32. The fraction of sp³-hybridized carbons (Fsp3) is 0.294. The SMILES string of the molecule is Cc1ccccc1N(C)Cc1cccc2c1NCC2. The maximum Gasteiger partial charge on any atom is 0.0446 e. The number of benzene rings is 2. The summed E-state index contributed by atoms with van der Waals surface area (Å²) in [5.41, 5.74) is 6.82. The Kier molecular flexibility index (Phi) is 3.16. The van der Waals surface area contributed by atoms with Crippen molar-refractivity contribution < 1.29 is 0 Å². The minimum atomic E-state index is 0.945. The molecule has 0 aromatic heterocycles. The van der Waals surface area contributed by atoms with Crippen LogP contribution >= 0.6 is 0 Å². The standard InChI is InChI=1S/C17H20N2/c1-13-6-3-4-9-16(13)19(2)12-15-8-5-7-14-10-11-18-17(14)15/h3-9,18H,10-12H2,1-2H3. The van der Waals surface area contributed by atoms with Gasteiger partial charge in [0.1, 0.15) is 0 Å². The third-order valence-corrected chi connectivity index (χ3v) is 3.87. The normalized spacial score (nSPS) is 12.9. The molecule has 0 atom stereocenters. The molecule has 1 N–H and O–H groups in total. The summed E-state index contributed by atoms with van der Waals surface area (Å²) in [5.74, 6) is 0. The van der Waals surface area contributed by atoms with Crippen LogP contribution in [0.25, 0.3) is 0 Å². The van der Waals surface area contributed by atoms with Gasteiger partial charge in [-0.25, -0.2) is 0 Å². The Bertz CT molecular complexity index is 590. The zero-order chi connectivity index (χ0) is 13.2. The van der Waals surface area contributed by atoms with Crippen molar-refractivity contribution in [2.24, 2.45) is 0 Å². The molecule has 2 aromatic carbocycles. The van der Waals surface area contributed by atoms with Crippen LogP contribution in [-0.2, 0) is 13.0 Å². The van der Waals surface area contributed by atoms with Gasteiger partial charge in [-0.1, -0.05) is 36.4 Å². The van der Waals surface area contributed by atoms with E-state index in [0.29, 0.717) is 0 Å². The Morgan fingerprint density at radius 2 is 1.95 bits per heavy atom. The topological polar surface area (TPSA) is 15.3 Å². The molecule has 0 amide bonds. The molecule has 1 aliphatic rings. The van der Waals surface area contributed by atoms with E-state index in [4.69, 9.17) is 0 Å². The first-order valence-corrected chi connectivity index (χ1v) is 6.87. The summed E-state index contributed by atoms with van der Waals surface area (Å²) in [6, 6.07) is 15.2. The Labute approximate surface area is 115 Å². The van der Waals surface area contributed by atoms with Gasteiger partial charge in [-0.15, -0.1) is 0 Å². The van der Waals surface area contributed by atoms with E-state index in [9.17, 15) is 0 Å². The number of rotatable bonds is 3. The lowest BCUT2D eigenvalue weighted by atomic mass is 10.1. The molecule has 2 aromatic rings. The maximum absolute atomic E-state index is 3.51. The van der Waals surface area contributed by atoms with Crippen LogP contribution in [0.5, 0.6) is 0 Å². The average molecular weight is 252 g/mol. The summed E-state index contributed by atoms with van der Waals surface area (Å²) < 4.78 is 0. The van der Waals surface area contributed by atoms with Gasteiger partial charge in [0.25, 0.3) is 0 Å². The van der Waals surface area contributed by atoms with Crippen LogP contribution < -0.4 is 10.2 Å². The maximum atomic E-state index is 3.51. The van der Waals surface area contributed by atoms with Crippen molar-refractivity contribution in [3.8, 4) is 0 Å². The van der Waals surface area contributed by atoms with Gasteiger partial charge in [0.2, 0.25) is 0 Å². The lowest BCUT2D eigenvalue weighted by Crippen LogP contribution is -2.18. The van der Waals surface area contributed by atoms with Crippen LogP contribution in [0.15, 0.2) is 42.5 Å². The molecule has 3 rings (SSSR count). The van der Waals surface area contributed by atoms with E-state index in [2.05, 4.69) is 66.7 Å². The van der Waals surface area contributed by atoms with Gasteiger partial charge in [-0.05, 0) is 36.1 Å². The van der Waals surface area contributed by atoms with Crippen LogP contribution in [0.3, 0.4) is 0 Å². The van der Waals surface area contributed by atoms with Crippen molar-refractivity contribution in [2.75, 3.05) is 23.8 Å². The molecule has 1 heterocycles. The second-order valence-electron chi connectivity index (χ2n) is 5.27. The van der Waals surface area contributed by atoms with Crippen molar-refractivity contribution in [2.45, 2.75) is 19.9 Å². The first-order valence-electron chi connectivity index (χ1n) is 6.87. The Hall–Kier alpha value is -1.96. The number of nitrogens with zero attached hydrogens (tertiary/aromatic N) is 1. The molecule has 0 bridgehead atoms. The Morgan fingerprint density at radius 3 is 2.79 bits per heavy atom. The predicted octanol–water partition coefficient (Wildman–Crippen LogP) is 3.60. The second kappa shape index (κ2) is 4.96. The van der Waals surface area contributed by atoms with E-state index in [1.54, 1.807) is 0 Å². The fourth-order valence-corrected chi connectivity index (χ4v) is 2.88. The minimum absolute atomic E-state index is 0.945. The number of fused-ring (bicyclic) bond motifs is 1. The van der Waals surface area contributed by atoms with Crippen LogP contribution in [0.2, 0.25) is 0 Å². The molecular formula is C17H20N2. The Balaban J connectivity index is 1.86. The highest BCUT2D eigenvalue weighted by molar-refractivity contribution is 5.63. The van der Waals surface area contributed by atoms with Crippen LogP contribution in [-0.4, -0.2) is 13.6 Å². The average Bonchev–Trinajstić information content (AvgIpc) is 2.88. The van der Waals surface area contributed by atoms with Crippen molar-refractivity contribution in [3.63, 3.8) is 0 Å². The zero-order valence-electron chi connectivity index (χ0n) is 11.6. The lowest BCUT2D eigenvalue weighted by Gasteiger charge is -2.22. The second-order valence-corrected chi connectivity index (χ2v) is 5.27. The van der Waals surface area contributed by atoms with Gasteiger partial charge < -0.3 is 10.2 Å². The van der Waals surface area contributed by atoms with Crippen molar-refractivity contribution in [1.82, 2.24) is 0 Å². The largest absolute Gasteiger partial charge is 0.384 e. The molecule has 0 saturated heterocycles. The molecule has 0 unspecified atom stereocenters. The highest BCUT2D eigenvalue weighted by atomic mass is 15.1. The number of aryl methyl sites for hydroxylation is 1. The van der Waals surface area contributed by atoms with Gasteiger partial charge in [0.05, 0.1) is 0 Å². The van der Waals surface area contributed by atoms with Crippen molar-refractivity contribution in [1.29, 1.82) is 0 Å². The summed E-state index contributed by atoms with van der Waals surface area (Å²) in [6.45, 7) is 4.18. The zero-order valence-corrected chi connectivity index (χ0v) is 11.6. The molecule has 0 spiro atoms. The summed E-state index contributed by atoms with van der Waals surface area (Å²) in [6.07, 6.45) is 1.15. The molecule has 2 nitrogen and oxygen atoms in total. The molecule has 0 saturated carbocycles. The fourth-order valence-electron chi connectivity index (χ4n) is 2.88. The third kappa shape index (κ3) is 2.30. The van der Waals surface area contributed by atoms with E-state index < -0.39 is 0 Å². The van der Waals surface area contributed by atoms with Crippen molar-refractivity contribution >= 4 is 11.4 Å². The van der Waals surface area contributed by atoms with E-state index in [-0.39, 0.29) is 0 Å². The Morgan fingerprint density at radius 1 is 1.11 bits per heavy atom. The van der Waals surface area contributed by atoms with Crippen LogP contribution in [0.4, 0.5) is 11.4 Å². The van der Waals surface area contributed by atoms with Gasteiger partial charge in [0, 0.05) is 31.5 Å². The van der Waals surface area contributed by atoms with Crippen LogP contribution in [0.1, 0.15) is 16.7 Å². The number of hydrogen-bond acceptors (Lipinski definition) is 2. The summed E-state index contributed by atoms with van der Waals surface area (Å²) >= 11 is 0. The highest BCUT2D eigenvalue weighted by Crippen LogP contribution is 2.29. The number of nitrogens with one attached hydrogen (secondary N) is 1. The summed E-state index contributed by atoms with van der Waals surface area (Å²) in [7, 11) is 2.16. The third-order valence-electron chi connectivity index (χ3n) is 3.87. The van der Waals surface area contributed by atoms with E-state index in [1.807, 2.05) is 0 Å². The number of hydrogen-bond donors (Lipinski definition) is 1. The van der Waals surface area contributed by atoms with Crippen LogP contribution in [0, 0.1) is 6.92 Å². The molecule has 98 valence electrons. The van der Waals surface area contributed by atoms with Gasteiger partial charge in [-0.3, -0.25) is 0 Å². The monoisotopic (exact) mass is 252 g/mol. The molecule has 0 aliphatic carbocycles. The van der Waals surface area contributed by atoms with E-state index in [1.165, 1.54) is 28.1 Å². The van der Waals surface area contributed by atoms with Gasteiger partial charge >= 0.3 is 0 Å². The number of para-hydroxylation sites is 2. The van der Waals surface area contributed by atoms with Crippen molar-refractivity contribution in [3.05, 3.63) is 59.2 Å². The highest BCUT2D eigenvalue weighted by Gasteiger charge is 2.15. The van der Waals surface area contributed by atoms with Gasteiger partial charge in [-0.2, -0.15) is 0 Å². The number of anilines is 2. The molecular weight excluding hydrogens is 232 g/mol. The molecule has 1 aliphatic heterocycles. The first-order chi connectivity index (χ1) is 9.25. The molecule has 0 radical (unpaired) electrons. The van der Waals surface area contributed by atoms with E-state index >= 15 is 0 Å². The quantitative estimate of drug-likeness (QED) is 0.898. The predicted molar refractivity (Wildman–Crippen MR) is 81.9 cm³/mol. The first kappa shape index (κ1) is 12.1. The minimum Gasteiger partial charge on any atom is -0.384 e. The van der Waals surface area contributed by atoms with Gasteiger partial charge in [0.15, 0.2) is 0 Å². The lowest BCUT2D eigenvalue weighted by molar-refractivity contribution is 0.918. The summed E-state index contributed by atoms with van der Waals surface area (Å²) in [5, 5.41) is 3.51.